The molecule has 25 nitrogen and oxygen atoms in total. The highest BCUT2D eigenvalue weighted by atomic mass is 79.9. The molecule has 11 aromatic rings. The lowest BCUT2D eigenvalue weighted by Crippen LogP contribution is -2.43. The van der Waals surface area contributed by atoms with Gasteiger partial charge in [-0.1, -0.05) is 181 Å². The minimum atomic E-state index is -1.14. The minimum Gasteiger partial charge on any atom is -0.369 e. The molecule has 0 spiro atoms. The van der Waals surface area contributed by atoms with Gasteiger partial charge in [0, 0.05) is 92.5 Å². The zero-order valence-electron chi connectivity index (χ0n) is 67.3. The summed E-state index contributed by atoms with van der Waals surface area (Å²) in [6.07, 6.45) is 5.41. The number of guanidine groups is 5. The number of likely N-dealkylation sites (N-methyl/N-ethyl adjacent to an activating group) is 3. The van der Waals surface area contributed by atoms with E-state index in [1.807, 2.05) is 200 Å². The van der Waals surface area contributed by atoms with Gasteiger partial charge in [0.25, 0.3) is 29.5 Å². The van der Waals surface area contributed by atoms with Crippen molar-refractivity contribution in [1.29, 1.82) is 5.26 Å². The van der Waals surface area contributed by atoms with Crippen molar-refractivity contribution >= 4 is 121 Å². The summed E-state index contributed by atoms with van der Waals surface area (Å²) in [6, 6.07) is 71.1. The molecule has 1 fully saturated rings. The van der Waals surface area contributed by atoms with Crippen molar-refractivity contribution in [2.75, 3.05) is 26.5 Å². The maximum Gasteiger partial charge on any atom is 0.319 e. The fraction of sp³-hybridized carbons (Fsp3) is 0.198. The molecule has 1 saturated carbocycles. The number of hydrogen-bond acceptors (Lipinski definition) is 20. The van der Waals surface area contributed by atoms with Gasteiger partial charge in [-0.25, -0.2) is 38.5 Å². The molecule has 31 heteroatoms. The molecule has 6 aliphatic rings. The van der Waals surface area contributed by atoms with Gasteiger partial charge in [0.05, 0.1) is 24.7 Å². The standard InChI is InChI=1S/C23H21N3O.C20H16ClN3OS.C20H21F2N5O2.C17H15N5O.C11H12BrN3OS/c1-17-12-14-18(15-13-17)16-26-21(27)23(25-22(26)24,19-8-4-2-5-9-19)20-10-6-3-7-11-20;1-24-18(25)20(23-19(24)22,14-7-3-2-4-8-14)17-11-10-16(26-17)13-6-5-9-15(21)12-13;1-20(2)17(28)27(18(23)26-20)11-13-5-3-12(4-6-13)10-24-19(29)25-16-8-14(21)7-15(22)9-16;1-17(15(23)22(2)16(19)21-17)14-7-13(9-20-10-14)12-5-3-4-11(6-12)8-18;1-15-9(16)11(6-2-3-6,14-10(15)13)8-4-7(12)5-17-8/h2-15H,16H2,1H3,(H2,24,25);2-12H,1H3,(H2,22,23);3-9H,10-11H2,1-2H3,(H2,23,26)(H2,24,25,29);3-7,9-10H,1-2H3,(H2,19,21);4-6H,2-3H2,1H3,(H2,13,14). The van der Waals surface area contributed by atoms with Crippen molar-refractivity contribution < 1.29 is 37.5 Å². The van der Waals surface area contributed by atoms with Gasteiger partial charge in [-0.2, -0.15) is 5.26 Å². The normalized spacial score (nSPS) is 19.1. The van der Waals surface area contributed by atoms with Gasteiger partial charge in [-0.15, -0.1) is 22.7 Å². The Morgan fingerprint density at radius 3 is 1.59 bits per heavy atom. The Hall–Kier alpha value is -13.6. The number of urea groups is 1. The van der Waals surface area contributed by atoms with Crippen LogP contribution in [0.2, 0.25) is 5.02 Å². The maximum atomic E-state index is 13.6. The van der Waals surface area contributed by atoms with Crippen molar-refractivity contribution in [3.05, 3.63) is 329 Å². The number of nitrogens with zero attached hydrogens (tertiary/aromatic N) is 12. The number of hydrogen-bond donors (Lipinski definition) is 7. The van der Waals surface area contributed by atoms with Crippen molar-refractivity contribution in [3.63, 3.8) is 0 Å². The van der Waals surface area contributed by atoms with Gasteiger partial charge in [-0.05, 0) is 168 Å². The number of aromatic nitrogens is 1. The number of anilines is 1. The first-order chi connectivity index (χ1) is 58.3. The van der Waals surface area contributed by atoms with Crippen molar-refractivity contribution in [2.45, 2.75) is 87.9 Å². The first kappa shape index (κ1) is 86.3. The van der Waals surface area contributed by atoms with E-state index in [-0.39, 0.29) is 65.6 Å². The molecule has 0 radical (unpaired) electrons. The number of thiophene rings is 2. The lowest BCUT2D eigenvalue weighted by molar-refractivity contribution is -0.131. The molecule has 3 aromatic heterocycles. The topological polar surface area (TPSA) is 371 Å². The summed E-state index contributed by atoms with van der Waals surface area (Å²) in [6.45, 7) is 8.09. The first-order valence-corrected chi connectivity index (χ1v) is 41.3. The molecule has 12 N–H and O–H groups in total. The maximum absolute atomic E-state index is 13.6. The Labute approximate surface area is 724 Å². The highest BCUT2D eigenvalue weighted by Gasteiger charge is 2.58. The molecule has 0 bridgehead atoms. The Morgan fingerprint density at radius 1 is 0.533 bits per heavy atom. The number of benzene rings is 8. The molecule has 3 unspecified atom stereocenters. The van der Waals surface area contributed by atoms with E-state index in [9.17, 15) is 37.5 Å². The summed E-state index contributed by atoms with van der Waals surface area (Å²) >= 11 is 12.6. The van der Waals surface area contributed by atoms with Crippen molar-refractivity contribution in [2.24, 2.45) is 59.5 Å². The van der Waals surface area contributed by atoms with E-state index in [2.05, 4.69) is 57.6 Å². The molecule has 122 heavy (non-hydrogen) atoms. The number of aryl methyl sites for hydroxylation is 1. The molecule has 0 saturated heterocycles. The Balaban J connectivity index is 0.000000133. The van der Waals surface area contributed by atoms with Crippen LogP contribution in [0, 0.1) is 35.8 Å². The molecular formula is C91H85BrClF2N19O6S2. The SMILES string of the molecule is CC1(C)N=C(N)N(Cc2ccc(CNC(=O)Nc3cc(F)cc(F)c3)cc2)C1=O.CN1C(=O)C(C)(c2cncc(-c3cccc(C#N)c3)c2)N=C1N.CN1C(=O)C(c2cc(Br)cs2)(C2CC2)N=C1N.CN1C(=O)C(c2ccccc2)(c2ccc(-c3cccc(Cl)c3)s2)N=C1N.Cc1ccc(CN2C(=O)C(c3ccccc3)(c3ccccc3)N=C2N)cc1. The average Bonchev–Trinajstić information content (AvgIpc) is 1.59. The van der Waals surface area contributed by atoms with Crippen LogP contribution in [-0.2, 0) is 65.8 Å². The molecule has 8 aromatic carbocycles. The minimum absolute atomic E-state index is 0.00634. The fourth-order valence-corrected chi connectivity index (χ4v) is 17.5. The third kappa shape index (κ3) is 17.8. The third-order valence-corrected chi connectivity index (χ3v) is 24.5. The van der Waals surface area contributed by atoms with Gasteiger partial charge < -0.3 is 39.3 Å². The summed E-state index contributed by atoms with van der Waals surface area (Å²) in [4.78, 5) is 112. The number of carbonyl (C=O) groups is 6. The Kier molecular flexibility index (Phi) is 25.3. The number of pyridine rings is 1. The molecule has 3 atom stereocenters. The van der Waals surface area contributed by atoms with E-state index in [0.717, 1.165) is 100 Å². The molecular weight excluding hydrogens is 1670 g/mol. The van der Waals surface area contributed by atoms with E-state index in [1.165, 1.54) is 36.5 Å². The first-order valence-electron chi connectivity index (χ1n) is 38.4. The second-order valence-electron chi connectivity index (χ2n) is 30.1. The predicted octanol–water partition coefficient (Wildman–Crippen LogP) is 13.9. The van der Waals surface area contributed by atoms with E-state index in [4.69, 9.17) is 50.5 Å². The van der Waals surface area contributed by atoms with Crippen LogP contribution in [0.3, 0.4) is 0 Å². The lowest BCUT2D eigenvalue weighted by atomic mass is 9.83. The number of nitrogens with one attached hydrogen (secondary N) is 2. The second kappa shape index (κ2) is 35.8. The molecule has 620 valence electrons. The number of nitriles is 1. The van der Waals surface area contributed by atoms with Gasteiger partial charge >= 0.3 is 6.03 Å². The number of halogens is 4. The van der Waals surface area contributed by atoms with Crippen LogP contribution in [0.5, 0.6) is 0 Å². The van der Waals surface area contributed by atoms with Crippen LogP contribution in [0.15, 0.2) is 278 Å². The van der Waals surface area contributed by atoms with E-state index in [0.29, 0.717) is 41.1 Å². The smallest absolute Gasteiger partial charge is 0.319 e. The van der Waals surface area contributed by atoms with E-state index < -0.39 is 45.4 Å². The van der Waals surface area contributed by atoms with Crippen LogP contribution in [0.25, 0.3) is 21.6 Å². The zero-order chi connectivity index (χ0) is 87.2. The van der Waals surface area contributed by atoms with Crippen LogP contribution >= 0.6 is 50.2 Å². The summed E-state index contributed by atoms with van der Waals surface area (Å²) in [7, 11) is 4.94. The zero-order valence-corrected chi connectivity index (χ0v) is 71.3. The number of aliphatic imine (C=N–C) groups is 5. The van der Waals surface area contributed by atoms with Gasteiger partial charge in [0.15, 0.2) is 46.4 Å². The Morgan fingerprint density at radius 2 is 1.07 bits per heavy atom. The van der Waals surface area contributed by atoms with Crippen molar-refractivity contribution in [3.8, 4) is 27.6 Å². The van der Waals surface area contributed by atoms with Crippen LogP contribution < -0.4 is 39.3 Å². The molecule has 1 aliphatic carbocycles. The second-order valence-corrected chi connectivity index (χ2v) is 33.5. The van der Waals surface area contributed by atoms with Gasteiger partial charge in [0.2, 0.25) is 5.54 Å². The lowest BCUT2D eigenvalue weighted by Gasteiger charge is -2.27. The molecule has 5 aliphatic heterocycles. The quantitative estimate of drug-likeness (QED) is 0.0473. The highest BCUT2D eigenvalue weighted by molar-refractivity contribution is 9.10. The van der Waals surface area contributed by atoms with Crippen LogP contribution in [0.4, 0.5) is 19.3 Å². The Bertz CT molecular complexity index is 5990. The predicted molar refractivity (Wildman–Crippen MR) is 475 cm³/mol. The van der Waals surface area contributed by atoms with Crippen LogP contribution in [0.1, 0.15) is 93.4 Å². The van der Waals surface area contributed by atoms with Gasteiger partial charge in [0.1, 0.15) is 17.2 Å². The monoisotopic (exact) mass is 1760 g/mol. The highest BCUT2D eigenvalue weighted by Crippen LogP contribution is 2.53. The summed E-state index contributed by atoms with van der Waals surface area (Å²) in [5.41, 5.74) is 34.9. The summed E-state index contributed by atoms with van der Waals surface area (Å²) in [5, 5.41) is 16.7. The molecule has 7 amide bonds. The number of nitrogens with two attached hydrogens (primary N) is 5. The van der Waals surface area contributed by atoms with E-state index in [1.54, 1.807) is 94.8 Å². The largest absolute Gasteiger partial charge is 0.369 e. The third-order valence-electron chi connectivity index (χ3n) is 21.2. The number of rotatable bonds is 16. The van der Waals surface area contributed by atoms with Crippen LogP contribution in [-0.4, -0.2) is 122 Å². The number of amides is 7. The summed E-state index contributed by atoms with van der Waals surface area (Å²) < 4.78 is 27.3. The van der Waals surface area contributed by atoms with Crippen molar-refractivity contribution in [1.82, 2.24) is 34.8 Å². The molecule has 8 heterocycles. The van der Waals surface area contributed by atoms with E-state index >= 15 is 0 Å². The average molecular weight is 1760 g/mol. The molecule has 17 rings (SSSR count). The summed E-state index contributed by atoms with van der Waals surface area (Å²) in [5.74, 6) is -0.703. The number of carbonyl (C=O) groups excluding carboxylic acids is 6. The van der Waals surface area contributed by atoms with Gasteiger partial charge in [-0.3, -0.25) is 53.5 Å². The fourth-order valence-electron chi connectivity index (χ4n) is 14.5.